The molecule has 0 atom stereocenters. The maximum atomic E-state index is 10.7. The number of methoxy groups -OCH3 is 3. The largest absolute Gasteiger partial charge is 0.496 e. The maximum Gasteiger partial charge on any atom is 0.287 e. The van der Waals surface area contributed by atoms with E-state index in [1.165, 1.54) is 27.4 Å². The van der Waals surface area contributed by atoms with Gasteiger partial charge in [0, 0.05) is 12.1 Å². The van der Waals surface area contributed by atoms with Crippen molar-refractivity contribution in [1.82, 2.24) is 0 Å². The van der Waals surface area contributed by atoms with Gasteiger partial charge in [-0.25, -0.2) is 0 Å². The van der Waals surface area contributed by atoms with Crippen molar-refractivity contribution in [3.63, 3.8) is 0 Å². The van der Waals surface area contributed by atoms with E-state index in [0.29, 0.717) is 28.2 Å². The van der Waals surface area contributed by atoms with Crippen LogP contribution in [0.25, 0.3) is 6.08 Å². The molecule has 0 heterocycles. The molecule has 0 unspecified atom stereocenters. The average Bonchev–Trinajstić information content (AvgIpc) is 2.34. The van der Waals surface area contributed by atoms with Crippen molar-refractivity contribution >= 4 is 16.2 Å². The lowest BCUT2D eigenvalue weighted by atomic mass is 10.1. The SMILES string of the molecule is COc1cc(OC)c(/C=C/S(=O)(=O)O)c(OC)c1. The molecule has 0 aliphatic carbocycles. The Morgan fingerprint density at radius 1 is 1.06 bits per heavy atom. The first-order chi connectivity index (χ1) is 8.41. The number of hydrogen-bond donors (Lipinski definition) is 1. The van der Waals surface area contributed by atoms with Gasteiger partial charge in [-0.05, 0) is 6.08 Å². The van der Waals surface area contributed by atoms with Gasteiger partial charge in [-0.2, -0.15) is 8.42 Å². The summed E-state index contributed by atoms with van der Waals surface area (Å²) >= 11 is 0. The third-order valence-electron chi connectivity index (χ3n) is 2.16. The molecule has 0 aliphatic rings. The summed E-state index contributed by atoms with van der Waals surface area (Å²) in [6, 6.07) is 3.15. The molecule has 0 radical (unpaired) electrons. The minimum atomic E-state index is -4.21. The molecule has 1 aromatic rings. The zero-order valence-electron chi connectivity index (χ0n) is 10.2. The van der Waals surface area contributed by atoms with E-state index < -0.39 is 10.1 Å². The van der Waals surface area contributed by atoms with Crippen molar-refractivity contribution in [2.45, 2.75) is 0 Å². The monoisotopic (exact) mass is 274 g/mol. The normalized spacial score (nSPS) is 11.6. The minimum absolute atomic E-state index is 0.367. The second kappa shape index (κ2) is 5.74. The summed E-state index contributed by atoms with van der Waals surface area (Å²) in [5.74, 6) is 1.24. The first kappa shape index (κ1) is 14.3. The predicted octanol–water partition coefficient (Wildman–Crippen LogP) is 1.57. The van der Waals surface area contributed by atoms with Crippen molar-refractivity contribution in [2.75, 3.05) is 21.3 Å². The van der Waals surface area contributed by atoms with Crippen LogP contribution in [0.3, 0.4) is 0 Å². The van der Waals surface area contributed by atoms with Crippen LogP contribution in [0, 0.1) is 0 Å². The Bertz CT molecular complexity index is 522. The van der Waals surface area contributed by atoms with E-state index in [1.54, 1.807) is 12.1 Å². The summed E-state index contributed by atoms with van der Waals surface area (Å²) in [7, 11) is 0.136. The average molecular weight is 274 g/mol. The molecule has 0 spiro atoms. The fraction of sp³-hybridized carbons (Fsp3) is 0.273. The Hall–Kier alpha value is -1.73. The van der Waals surface area contributed by atoms with Gasteiger partial charge < -0.3 is 14.2 Å². The van der Waals surface area contributed by atoms with Crippen molar-refractivity contribution < 1.29 is 27.2 Å². The van der Waals surface area contributed by atoms with Crippen LogP contribution in [0.5, 0.6) is 17.2 Å². The van der Waals surface area contributed by atoms with Crippen LogP contribution in [0.1, 0.15) is 5.56 Å². The highest BCUT2D eigenvalue weighted by Gasteiger charge is 2.11. The Balaban J connectivity index is 3.36. The molecule has 100 valence electrons. The van der Waals surface area contributed by atoms with E-state index in [4.69, 9.17) is 18.8 Å². The third kappa shape index (κ3) is 3.64. The highest BCUT2D eigenvalue weighted by Crippen LogP contribution is 2.35. The molecule has 1 N–H and O–H groups in total. The quantitative estimate of drug-likeness (QED) is 0.821. The van der Waals surface area contributed by atoms with Crippen molar-refractivity contribution in [3.05, 3.63) is 23.1 Å². The van der Waals surface area contributed by atoms with Gasteiger partial charge >= 0.3 is 0 Å². The number of rotatable bonds is 5. The molecule has 0 bridgehead atoms. The van der Waals surface area contributed by atoms with Gasteiger partial charge in [0.05, 0.1) is 32.3 Å². The van der Waals surface area contributed by atoms with E-state index in [1.807, 2.05) is 0 Å². The van der Waals surface area contributed by atoms with Crippen LogP contribution in [-0.2, 0) is 10.1 Å². The molecule has 1 rings (SSSR count). The minimum Gasteiger partial charge on any atom is -0.496 e. The number of ether oxygens (including phenoxy) is 3. The van der Waals surface area contributed by atoms with Crippen LogP contribution in [-0.4, -0.2) is 34.3 Å². The van der Waals surface area contributed by atoms with Gasteiger partial charge in [0.1, 0.15) is 17.2 Å². The molecular formula is C11H14O6S. The van der Waals surface area contributed by atoms with E-state index in [2.05, 4.69) is 0 Å². The van der Waals surface area contributed by atoms with Crippen molar-refractivity contribution in [3.8, 4) is 17.2 Å². The van der Waals surface area contributed by atoms with Crippen molar-refractivity contribution in [2.24, 2.45) is 0 Å². The Morgan fingerprint density at radius 2 is 1.56 bits per heavy atom. The zero-order chi connectivity index (χ0) is 13.8. The molecule has 0 amide bonds. The summed E-state index contributed by atoms with van der Waals surface area (Å²) < 4.78 is 45.3. The summed E-state index contributed by atoms with van der Waals surface area (Å²) in [6.07, 6.45) is 1.19. The van der Waals surface area contributed by atoms with Crippen LogP contribution in [0.2, 0.25) is 0 Å². The molecule has 0 aliphatic heterocycles. The molecule has 1 aromatic carbocycles. The Labute approximate surface area is 106 Å². The molecule has 0 fully saturated rings. The molecule has 0 saturated carbocycles. The van der Waals surface area contributed by atoms with E-state index in [0.717, 1.165) is 0 Å². The first-order valence-electron chi connectivity index (χ1n) is 4.87. The fourth-order valence-electron chi connectivity index (χ4n) is 1.35. The molecule has 6 nitrogen and oxygen atoms in total. The third-order valence-corrected chi connectivity index (χ3v) is 2.64. The molecular weight excluding hydrogens is 260 g/mol. The van der Waals surface area contributed by atoms with Gasteiger partial charge in [0.2, 0.25) is 0 Å². The lowest BCUT2D eigenvalue weighted by Gasteiger charge is -2.12. The second-order valence-corrected chi connectivity index (χ2v) is 4.57. The van der Waals surface area contributed by atoms with E-state index in [-0.39, 0.29) is 0 Å². The standard InChI is InChI=1S/C11H14O6S/c1-15-8-6-10(16-2)9(11(7-8)17-3)4-5-18(12,13)14/h4-7H,1-3H3,(H,12,13,14)/b5-4+. The van der Waals surface area contributed by atoms with Crippen molar-refractivity contribution in [1.29, 1.82) is 0 Å². The fourth-order valence-corrected chi connectivity index (χ4v) is 1.66. The first-order valence-corrected chi connectivity index (χ1v) is 6.37. The lowest BCUT2D eigenvalue weighted by molar-refractivity contribution is 0.374. The van der Waals surface area contributed by atoms with Gasteiger partial charge in [0.15, 0.2) is 0 Å². The van der Waals surface area contributed by atoms with Gasteiger partial charge in [-0.15, -0.1) is 0 Å². The van der Waals surface area contributed by atoms with E-state index in [9.17, 15) is 8.42 Å². The van der Waals surface area contributed by atoms with Gasteiger partial charge in [-0.3, -0.25) is 4.55 Å². The van der Waals surface area contributed by atoms with Gasteiger partial charge in [-0.1, -0.05) is 0 Å². The summed E-state index contributed by atoms with van der Waals surface area (Å²) in [5, 5.41) is 0.653. The maximum absolute atomic E-state index is 10.7. The van der Waals surface area contributed by atoms with E-state index >= 15 is 0 Å². The summed E-state index contributed by atoms with van der Waals surface area (Å²) in [4.78, 5) is 0. The topological polar surface area (TPSA) is 82.1 Å². The van der Waals surface area contributed by atoms with Crippen LogP contribution in [0.15, 0.2) is 17.5 Å². The molecule has 0 saturated heterocycles. The summed E-state index contributed by atoms with van der Waals surface area (Å²) in [6.45, 7) is 0. The Morgan fingerprint density at radius 3 is 1.89 bits per heavy atom. The summed E-state index contributed by atoms with van der Waals surface area (Å²) in [5.41, 5.74) is 0.387. The smallest absolute Gasteiger partial charge is 0.287 e. The van der Waals surface area contributed by atoms with Crippen LogP contribution in [0.4, 0.5) is 0 Å². The highest BCUT2D eigenvalue weighted by molar-refractivity contribution is 7.88. The lowest BCUT2D eigenvalue weighted by Crippen LogP contribution is -1.96. The Kier molecular flexibility index (Phi) is 4.57. The highest BCUT2D eigenvalue weighted by atomic mass is 32.2. The number of hydrogen-bond acceptors (Lipinski definition) is 5. The van der Waals surface area contributed by atoms with Crippen LogP contribution < -0.4 is 14.2 Å². The second-order valence-electron chi connectivity index (χ2n) is 3.26. The predicted molar refractivity (Wildman–Crippen MR) is 66.7 cm³/mol. The molecule has 0 aromatic heterocycles. The number of benzene rings is 1. The molecule has 18 heavy (non-hydrogen) atoms. The van der Waals surface area contributed by atoms with Crippen LogP contribution >= 0.6 is 0 Å². The zero-order valence-corrected chi connectivity index (χ0v) is 11.0. The molecule has 7 heteroatoms. The van der Waals surface area contributed by atoms with Gasteiger partial charge in [0.25, 0.3) is 10.1 Å².